The summed E-state index contributed by atoms with van der Waals surface area (Å²) in [5, 5.41) is 0.509. The molecule has 1 heterocycles. The number of carbonyl (C=O) groups is 1. The van der Waals surface area contributed by atoms with E-state index in [9.17, 15) is 9.59 Å². The summed E-state index contributed by atoms with van der Waals surface area (Å²) >= 11 is 0. The van der Waals surface area contributed by atoms with Gasteiger partial charge in [-0.05, 0) is 12.1 Å². The lowest BCUT2D eigenvalue weighted by atomic mass is 10.1. The van der Waals surface area contributed by atoms with Gasteiger partial charge in [0.2, 0.25) is 0 Å². The lowest BCUT2D eigenvalue weighted by molar-refractivity contribution is 0.112. The number of nitrogens with zero attached hydrogens (tertiary/aromatic N) is 1. The summed E-state index contributed by atoms with van der Waals surface area (Å²) in [7, 11) is 0. The Morgan fingerprint density at radius 1 is 1.38 bits per heavy atom. The van der Waals surface area contributed by atoms with Crippen molar-refractivity contribution in [2.75, 3.05) is 0 Å². The number of benzene rings is 1. The van der Waals surface area contributed by atoms with E-state index < -0.39 is 0 Å². The molecule has 0 bridgehead atoms. The maximum atomic E-state index is 11.7. The van der Waals surface area contributed by atoms with E-state index in [1.807, 2.05) is 13.8 Å². The van der Waals surface area contributed by atoms with Crippen molar-refractivity contribution in [1.82, 2.24) is 9.97 Å². The first kappa shape index (κ1) is 10.5. The van der Waals surface area contributed by atoms with Crippen molar-refractivity contribution in [1.29, 1.82) is 0 Å². The molecule has 2 aromatic rings. The quantitative estimate of drug-likeness (QED) is 0.779. The van der Waals surface area contributed by atoms with Gasteiger partial charge in [-0.1, -0.05) is 19.9 Å². The summed E-state index contributed by atoms with van der Waals surface area (Å²) in [6.45, 7) is 3.90. The van der Waals surface area contributed by atoms with Crippen molar-refractivity contribution in [2.24, 2.45) is 0 Å². The van der Waals surface area contributed by atoms with Crippen LogP contribution in [-0.2, 0) is 0 Å². The van der Waals surface area contributed by atoms with E-state index in [0.717, 1.165) is 6.29 Å². The Balaban J connectivity index is 2.77. The highest BCUT2D eigenvalue weighted by atomic mass is 16.1. The van der Waals surface area contributed by atoms with Crippen LogP contribution in [0.1, 0.15) is 35.9 Å². The normalized spacial score (nSPS) is 10.9. The highest BCUT2D eigenvalue weighted by molar-refractivity contribution is 5.85. The number of carbonyl (C=O) groups excluding carboxylic acids is 1. The molecule has 0 atom stereocenters. The van der Waals surface area contributed by atoms with E-state index in [-0.39, 0.29) is 11.5 Å². The molecule has 0 spiro atoms. The van der Waals surface area contributed by atoms with Crippen LogP contribution in [0.5, 0.6) is 0 Å². The minimum absolute atomic E-state index is 0.150. The molecule has 82 valence electrons. The third-order valence-corrected chi connectivity index (χ3v) is 2.43. The molecule has 1 aromatic carbocycles. The molecule has 0 aliphatic carbocycles. The monoisotopic (exact) mass is 216 g/mol. The molecule has 1 N–H and O–H groups in total. The van der Waals surface area contributed by atoms with Gasteiger partial charge in [0, 0.05) is 11.5 Å². The maximum absolute atomic E-state index is 11.7. The molecule has 16 heavy (non-hydrogen) atoms. The second-order valence-corrected chi connectivity index (χ2v) is 4.00. The first-order valence-electron chi connectivity index (χ1n) is 5.11. The van der Waals surface area contributed by atoms with E-state index in [1.165, 1.54) is 0 Å². The summed E-state index contributed by atoms with van der Waals surface area (Å²) in [6, 6.07) is 4.86. The molecule has 4 heteroatoms. The topological polar surface area (TPSA) is 62.8 Å². The SMILES string of the molecule is CC(C)c1nc2cc(C=O)ccc2c(=O)[nH]1. The average Bonchev–Trinajstić information content (AvgIpc) is 2.28. The van der Waals surface area contributed by atoms with Crippen molar-refractivity contribution in [2.45, 2.75) is 19.8 Å². The Morgan fingerprint density at radius 3 is 2.75 bits per heavy atom. The minimum Gasteiger partial charge on any atom is -0.310 e. The molecule has 0 saturated heterocycles. The van der Waals surface area contributed by atoms with Gasteiger partial charge in [-0.25, -0.2) is 4.98 Å². The van der Waals surface area contributed by atoms with E-state index in [2.05, 4.69) is 9.97 Å². The Hall–Kier alpha value is -1.97. The molecule has 0 saturated carbocycles. The van der Waals surface area contributed by atoms with E-state index in [0.29, 0.717) is 22.3 Å². The molecule has 0 radical (unpaired) electrons. The summed E-state index contributed by atoms with van der Waals surface area (Å²) in [6.07, 6.45) is 0.747. The minimum atomic E-state index is -0.161. The van der Waals surface area contributed by atoms with Crippen LogP contribution >= 0.6 is 0 Å². The average molecular weight is 216 g/mol. The zero-order valence-electron chi connectivity index (χ0n) is 9.15. The summed E-state index contributed by atoms with van der Waals surface area (Å²) in [5.74, 6) is 0.789. The summed E-state index contributed by atoms with van der Waals surface area (Å²) < 4.78 is 0. The summed E-state index contributed by atoms with van der Waals surface area (Å²) in [4.78, 5) is 29.4. The van der Waals surface area contributed by atoms with Crippen molar-refractivity contribution < 1.29 is 4.79 Å². The van der Waals surface area contributed by atoms with Crippen LogP contribution in [0.3, 0.4) is 0 Å². The molecule has 1 aromatic heterocycles. The molecule has 4 nitrogen and oxygen atoms in total. The van der Waals surface area contributed by atoms with Crippen LogP contribution in [0.4, 0.5) is 0 Å². The Labute approximate surface area is 92.3 Å². The standard InChI is InChI=1S/C12H12N2O2/c1-7(2)11-13-10-5-8(6-15)3-4-9(10)12(16)14-11/h3-7H,1-2H3,(H,13,14,16). The van der Waals surface area contributed by atoms with Crippen molar-refractivity contribution in [3.63, 3.8) is 0 Å². The van der Waals surface area contributed by atoms with Crippen LogP contribution in [0.2, 0.25) is 0 Å². The molecule has 0 aliphatic rings. The molecule has 0 unspecified atom stereocenters. The van der Waals surface area contributed by atoms with Crippen LogP contribution in [0.15, 0.2) is 23.0 Å². The Bertz CT molecular complexity index is 599. The predicted octanol–water partition coefficient (Wildman–Crippen LogP) is 1.86. The van der Waals surface area contributed by atoms with Crippen LogP contribution in [0, 0.1) is 0 Å². The van der Waals surface area contributed by atoms with Gasteiger partial charge >= 0.3 is 0 Å². The van der Waals surface area contributed by atoms with Crippen molar-refractivity contribution in [3.05, 3.63) is 39.9 Å². The van der Waals surface area contributed by atoms with Crippen LogP contribution < -0.4 is 5.56 Å². The number of rotatable bonds is 2. The number of aromatic nitrogens is 2. The van der Waals surface area contributed by atoms with Gasteiger partial charge in [0.25, 0.3) is 5.56 Å². The molecule has 0 fully saturated rings. The van der Waals surface area contributed by atoms with E-state index in [1.54, 1.807) is 18.2 Å². The molecular weight excluding hydrogens is 204 g/mol. The van der Waals surface area contributed by atoms with Gasteiger partial charge in [-0.15, -0.1) is 0 Å². The first-order chi connectivity index (χ1) is 7.61. The number of hydrogen-bond acceptors (Lipinski definition) is 3. The van der Waals surface area contributed by atoms with Gasteiger partial charge in [0.05, 0.1) is 10.9 Å². The lowest BCUT2D eigenvalue weighted by Gasteiger charge is -2.05. The molecule has 2 rings (SSSR count). The van der Waals surface area contributed by atoms with Gasteiger partial charge < -0.3 is 4.98 Å². The van der Waals surface area contributed by atoms with Gasteiger partial charge in [-0.2, -0.15) is 0 Å². The van der Waals surface area contributed by atoms with Gasteiger partial charge in [0.15, 0.2) is 0 Å². The third kappa shape index (κ3) is 1.74. The third-order valence-electron chi connectivity index (χ3n) is 2.43. The second kappa shape index (κ2) is 3.89. The van der Waals surface area contributed by atoms with Crippen LogP contribution in [-0.4, -0.2) is 16.3 Å². The maximum Gasteiger partial charge on any atom is 0.258 e. The highest BCUT2D eigenvalue weighted by Gasteiger charge is 2.07. The van der Waals surface area contributed by atoms with Gasteiger partial charge in [-0.3, -0.25) is 9.59 Å². The number of hydrogen-bond donors (Lipinski definition) is 1. The lowest BCUT2D eigenvalue weighted by Crippen LogP contribution is -2.12. The van der Waals surface area contributed by atoms with Gasteiger partial charge in [0.1, 0.15) is 12.1 Å². The number of nitrogens with one attached hydrogen (secondary N) is 1. The van der Waals surface area contributed by atoms with Crippen LogP contribution in [0.25, 0.3) is 10.9 Å². The summed E-state index contributed by atoms with van der Waals surface area (Å²) in [5.41, 5.74) is 0.934. The number of aldehydes is 1. The van der Waals surface area contributed by atoms with E-state index in [4.69, 9.17) is 0 Å². The highest BCUT2D eigenvalue weighted by Crippen LogP contribution is 2.13. The fourth-order valence-corrected chi connectivity index (χ4v) is 1.52. The second-order valence-electron chi connectivity index (χ2n) is 4.00. The van der Waals surface area contributed by atoms with Crippen molar-refractivity contribution in [3.8, 4) is 0 Å². The fraction of sp³-hybridized carbons (Fsp3) is 0.250. The smallest absolute Gasteiger partial charge is 0.258 e. The molecular formula is C12H12N2O2. The number of H-pyrrole nitrogens is 1. The van der Waals surface area contributed by atoms with Crippen molar-refractivity contribution >= 4 is 17.2 Å². The Kier molecular flexibility index (Phi) is 2.56. The zero-order valence-corrected chi connectivity index (χ0v) is 9.15. The number of fused-ring (bicyclic) bond motifs is 1. The molecule has 0 amide bonds. The fourth-order valence-electron chi connectivity index (χ4n) is 1.52. The van der Waals surface area contributed by atoms with E-state index >= 15 is 0 Å². The zero-order chi connectivity index (χ0) is 11.7. The first-order valence-corrected chi connectivity index (χ1v) is 5.11. The Morgan fingerprint density at radius 2 is 2.12 bits per heavy atom. The largest absolute Gasteiger partial charge is 0.310 e. The number of aromatic amines is 1. The predicted molar refractivity (Wildman–Crippen MR) is 61.8 cm³/mol. The molecule has 0 aliphatic heterocycles.